The van der Waals surface area contributed by atoms with Crippen LogP contribution in [-0.2, 0) is 4.74 Å². The van der Waals surface area contributed by atoms with Crippen LogP contribution in [0.3, 0.4) is 0 Å². The highest BCUT2D eigenvalue weighted by molar-refractivity contribution is 6.18. The maximum atomic E-state index is 6.21. The SMILES string of the molecule is CC1OCCC1(CCl)C1CCCCC1. The second-order valence-electron chi connectivity index (χ2n) is 4.96. The highest BCUT2D eigenvalue weighted by Crippen LogP contribution is 2.48. The Balaban J connectivity index is 2.09. The monoisotopic (exact) mass is 216 g/mol. The van der Waals surface area contributed by atoms with E-state index in [1.54, 1.807) is 0 Å². The molecular formula is C12H21ClO. The van der Waals surface area contributed by atoms with Crippen molar-refractivity contribution in [1.82, 2.24) is 0 Å². The lowest BCUT2D eigenvalue weighted by Crippen LogP contribution is -2.39. The number of hydrogen-bond donors (Lipinski definition) is 0. The summed E-state index contributed by atoms with van der Waals surface area (Å²) in [5, 5.41) is 0. The fraction of sp³-hybridized carbons (Fsp3) is 1.00. The van der Waals surface area contributed by atoms with Gasteiger partial charge in [0.05, 0.1) is 6.10 Å². The van der Waals surface area contributed by atoms with E-state index in [-0.39, 0.29) is 0 Å². The van der Waals surface area contributed by atoms with E-state index in [9.17, 15) is 0 Å². The van der Waals surface area contributed by atoms with Crippen LogP contribution in [0.25, 0.3) is 0 Å². The van der Waals surface area contributed by atoms with Crippen LogP contribution in [-0.4, -0.2) is 18.6 Å². The third-order valence-electron chi connectivity index (χ3n) is 4.41. The summed E-state index contributed by atoms with van der Waals surface area (Å²) >= 11 is 6.21. The van der Waals surface area contributed by atoms with Gasteiger partial charge in [0.25, 0.3) is 0 Å². The first kappa shape index (κ1) is 10.8. The van der Waals surface area contributed by atoms with Gasteiger partial charge in [-0.05, 0) is 32.1 Å². The number of hydrogen-bond acceptors (Lipinski definition) is 1. The second kappa shape index (κ2) is 4.40. The Morgan fingerprint density at radius 1 is 1.29 bits per heavy atom. The van der Waals surface area contributed by atoms with Crippen molar-refractivity contribution in [3.8, 4) is 0 Å². The molecule has 2 unspecified atom stereocenters. The predicted octanol–water partition coefficient (Wildman–Crippen LogP) is 3.60. The molecule has 0 N–H and O–H groups in total. The lowest BCUT2D eigenvalue weighted by atomic mass is 9.66. The minimum Gasteiger partial charge on any atom is -0.378 e. The van der Waals surface area contributed by atoms with Crippen LogP contribution in [0.15, 0.2) is 0 Å². The van der Waals surface area contributed by atoms with Gasteiger partial charge in [-0.3, -0.25) is 0 Å². The Morgan fingerprint density at radius 2 is 2.00 bits per heavy atom. The Bertz CT molecular complexity index is 189. The molecule has 0 aromatic heterocycles. The van der Waals surface area contributed by atoms with Crippen LogP contribution in [0.4, 0.5) is 0 Å². The predicted molar refractivity (Wildman–Crippen MR) is 59.8 cm³/mol. The van der Waals surface area contributed by atoms with Gasteiger partial charge < -0.3 is 4.74 Å². The molecular weight excluding hydrogens is 196 g/mol. The van der Waals surface area contributed by atoms with Crippen molar-refractivity contribution in [1.29, 1.82) is 0 Å². The molecule has 2 atom stereocenters. The van der Waals surface area contributed by atoms with Crippen molar-refractivity contribution in [2.45, 2.75) is 51.6 Å². The van der Waals surface area contributed by atoms with E-state index in [4.69, 9.17) is 16.3 Å². The lowest BCUT2D eigenvalue weighted by molar-refractivity contribution is 0.0292. The van der Waals surface area contributed by atoms with Crippen LogP contribution in [0.2, 0.25) is 0 Å². The minimum atomic E-state index is 0.308. The third kappa shape index (κ3) is 1.69. The minimum absolute atomic E-state index is 0.308. The van der Waals surface area contributed by atoms with E-state index >= 15 is 0 Å². The number of alkyl halides is 1. The van der Waals surface area contributed by atoms with E-state index in [0.29, 0.717) is 11.5 Å². The van der Waals surface area contributed by atoms with E-state index < -0.39 is 0 Å². The van der Waals surface area contributed by atoms with E-state index in [0.717, 1.165) is 18.4 Å². The summed E-state index contributed by atoms with van der Waals surface area (Å²) in [5.41, 5.74) is 0.308. The van der Waals surface area contributed by atoms with Gasteiger partial charge in [0.2, 0.25) is 0 Å². The molecule has 0 spiro atoms. The fourth-order valence-corrected chi connectivity index (χ4v) is 3.86. The van der Waals surface area contributed by atoms with Gasteiger partial charge in [0.1, 0.15) is 0 Å². The molecule has 0 aromatic rings. The average molecular weight is 217 g/mol. The normalized spacial score (nSPS) is 40.3. The van der Waals surface area contributed by atoms with Crippen LogP contribution < -0.4 is 0 Å². The molecule has 1 nitrogen and oxygen atoms in total. The standard InChI is InChI=1S/C12H21ClO/c1-10-12(9-13,7-8-14-10)11-5-3-2-4-6-11/h10-11H,2-9H2,1H3. The molecule has 1 saturated heterocycles. The van der Waals surface area contributed by atoms with Gasteiger partial charge in [-0.25, -0.2) is 0 Å². The Kier molecular flexibility index (Phi) is 3.38. The van der Waals surface area contributed by atoms with E-state index in [2.05, 4.69) is 6.92 Å². The fourth-order valence-electron chi connectivity index (χ4n) is 3.29. The molecule has 2 heteroatoms. The molecule has 0 amide bonds. The average Bonchev–Trinajstić information content (AvgIpc) is 2.62. The van der Waals surface area contributed by atoms with Gasteiger partial charge >= 0.3 is 0 Å². The molecule has 1 aliphatic carbocycles. The zero-order valence-corrected chi connectivity index (χ0v) is 9.85. The van der Waals surface area contributed by atoms with Crippen molar-refractivity contribution < 1.29 is 4.74 Å². The number of ether oxygens (including phenoxy) is 1. The van der Waals surface area contributed by atoms with Gasteiger partial charge in [0.15, 0.2) is 0 Å². The maximum Gasteiger partial charge on any atom is 0.0618 e. The molecule has 0 bridgehead atoms. The van der Waals surface area contributed by atoms with Crippen molar-refractivity contribution in [3.05, 3.63) is 0 Å². The van der Waals surface area contributed by atoms with Gasteiger partial charge in [-0.15, -0.1) is 11.6 Å². The van der Waals surface area contributed by atoms with Crippen LogP contribution in [0, 0.1) is 11.3 Å². The Hall–Kier alpha value is 0.250. The Labute approximate surface area is 92.2 Å². The van der Waals surface area contributed by atoms with Crippen LogP contribution in [0.1, 0.15) is 45.4 Å². The molecule has 0 radical (unpaired) electrons. The van der Waals surface area contributed by atoms with Gasteiger partial charge in [-0.2, -0.15) is 0 Å². The molecule has 2 fully saturated rings. The van der Waals surface area contributed by atoms with Gasteiger partial charge in [0, 0.05) is 17.9 Å². The highest BCUT2D eigenvalue weighted by Gasteiger charge is 2.46. The Morgan fingerprint density at radius 3 is 2.50 bits per heavy atom. The first-order valence-electron chi connectivity index (χ1n) is 5.97. The molecule has 1 saturated carbocycles. The zero-order chi connectivity index (χ0) is 10.0. The quantitative estimate of drug-likeness (QED) is 0.641. The van der Waals surface area contributed by atoms with E-state index in [1.165, 1.54) is 38.5 Å². The number of halogens is 1. The lowest BCUT2D eigenvalue weighted by Gasteiger charge is -2.40. The summed E-state index contributed by atoms with van der Waals surface area (Å²) in [5.74, 6) is 1.62. The largest absolute Gasteiger partial charge is 0.378 e. The summed E-state index contributed by atoms with van der Waals surface area (Å²) < 4.78 is 5.73. The first-order chi connectivity index (χ1) is 6.79. The summed E-state index contributed by atoms with van der Waals surface area (Å²) in [6, 6.07) is 0. The number of rotatable bonds is 2. The smallest absolute Gasteiger partial charge is 0.0618 e. The second-order valence-corrected chi connectivity index (χ2v) is 5.23. The molecule has 1 aliphatic heterocycles. The maximum absolute atomic E-state index is 6.21. The van der Waals surface area contributed by atoms with Gasteiger partial charge in [-0.1, -0.05) is 19.3 Å². The summed E-state index contributed by atoms with van der Waals surface area (Å²) in [6.45, 7) is 3.13. The summed E-state index contributed by atoms with van der Waals surface area (Å²) in [7, 11) is 0. The molecule has 14 heavy (non-hydrogen) atoms. The first-order valence-corrected chi connectivity index (χ1v) is 6.50. The molecule has 1 heterocycles. The topological polar surface area (TPSA) is 9.23 Å². The molecule has 2 rings (SSSR count). The van der Waals surface area contributed by atoms with Crippen LogP contribution >= 0.6 is 11.6 Å². The zero-order valence-electron chi connectivity index (χ0n) is 9.10. The summed E-state index contributed by atoms with van der Waals surface area (Å²) in [6.07, 6.45) is 8.53. The van der Waals surface area contributed by atoms with Crippen molar-refractivity contribution in [3.63, 3.8) is 0 Å². The van der Waals surface area contributed by atoms with Crippen LogP contribution in [0.5, 0.6) is 0 Å². The molecule has 2 aliphatic rings. The third-order valence-corrected chi connectivity index (χ3v) is 4.91. The molecule has 0 aromatic carbocycles. The van der Waals surface area contributed by atoms with Crippen molar-refractivity contribution in [2.75, 3.05) is 12.5 Å². The highest BCUT2D eigenvalue weighted by atomic mass is 35.5. The summed E-state index contributed by atoms with van der Waals surface area (Å²) in [4.78, 5) is 0. The van der Waals surface area contributed by atoms with E-state index in [1.807, 2.05) is 0 Å². The van der Waals surface area contributed by atoms with Crippen molar-refractivity contribution >= 4 is 11.6 Å². The molecule has 82 valence electrons. The van der Waals surface area contributed by atoms with Crippen molar-refractivity contribution in [2.24, 2.45) is 11.3 Å².